The van der Waals surface area contributed by atoms with Gasteiger partial charge in [0.15, 0.2) is 0 Å². The van der Waals surface area contributed by atoms with Gasteiger partial charge in [0.1, 0.15) is 35.1 Å². The fraction of sp³-hybridized carbons (Fsp3) is 0.222. The quantitative estimate of drug-likeness (QED) is 0.534. The lowest BCUT2D eigenvalue weighted by atomic mass is 9.90. The Morgan fingerprint density at radius 2 is 1.93 bits per heavy atom. The van der Waals surface area contributed by atoms with Gasteiger partial charge in [0.2, 0.25) is 10.0 Å². The van der Waals surface area contributed by atoms with Gasteiger partial charge in [0, 0.05) is 21.8 Å². The zero-order valence-electron chi connectivity index (χ0n) is 15.1. The highest BCUT2D eigenvalue weighted by molar-refractivity contribution is 9.10. The maximum Gasteiger partial charge on any atom is 0.238 e. The van der Waals surface area contributed by atoms with Crippen LogP contribution < -0.4 is 4.72 Å². The van der Waals surface area contributed by atoms with Crippen LogP contribution in [0.1, 0.15) is 12.5 Å². The van der Waals surface area contributed by atoms with Crippen molar-refractivity contribution >= 4 is 31.6 Å². The average Bonchev–Trinajstić information content (AvgIpc) is 3.15. The minimum atomic E-state index is -4.20. The van der Waals surface area contributed by atoms with Gasteiger partial charge in [-0.1, -0.05) is 22.0 Å². The standard InChI is InChI=1S/C18H17BrF2N4O3S/c1-12(29(27,28)24-15-5-2-13(19)3-6-15)18(26,9-25-11-22-10-23-25)16-7-4-14(20)8-17(16)21/h2-8,10-12,24,26H,9H2,1H3/t12-,18-/m1/s1. The van der Waals surface area contributed by atoms with Gasteiger partial charge in [-0.2, -0.15) is 5.10 Å². The van der Waals surface area contributed by atoms with Crippen LogP contribution in [0, 0.1) is 11.6 Å². The largest absolute Gasteiger partial charge is 0.382 e. The van der Waals surface area contributed by atoms with Crippen LogP contribution in [0.25, 0.3) is 0 Å². The Bertz CT molecular complexity index is 1090. The topological polar surface area (TPSA) is 97.1 Å². The molecule has 1 heterocycles. The van der Waals surface area contributed by atoms with E-state index in [-0.39, 0.29) is 11.3 Å². The van der Waals surface area contributed by atoms with Crippen molar-refractivity contribution in [1.29, 1.82) is 0 Å². The molecule has 7 nitrogen and oxygen atoms in total. The van der Waals surface area contributed by atoms with E-state index in [9.17, 15) is 22.3 Å². The maximum atomic E-state index is 14.5. The second-order valence-electron chi connectivity index (χ2n) is 6.44. The highest BCUT2D eigenvalue weighted by Crippen LogP contribution is 2.34. The first-order valence-electron chi connectivity index (χ1n) is 8.39. The molecule has 3 aromatic rings. The van der Waals surface area contributed by atoms with Crippen molar-refractivity contribution in [3.05, 3.63) is 76.8 Å². The predicted octanol–water partition coefficient (Wildman–Crippen LogP) is 3.04. The SMILES string of the molecule is C[C@H]([C@](O)(Cn1cncn1)c1ccc(F)cc1F)S(=O)(=O)Nc1ccc(Br)cc1. The molecule has 3 rings (SSSR count). The minimum absolute atomic E-state index is 0.266. The lowest BCUT2D eigenvalue weighted by Gasteiger charge is -2.34. The summed E-state index contributed by atoms with van der Waals surface area (Å²) < 4.78 is 58.2. The number of halogens is 3. The van der Waals surface area contributed by atoms with Crippen LogP contribution in [0.15, 0.2) is 59.6 Å². The Kier molecular flexibility index (Phi) is 6.01. The van der Waals surface area contributed by atoms with Crippen LogP contribution in [0.2, 0.25) is 0 Å². The molecule has 0 saturated carbocycles. The molecule has 2 N–H and O–H groups in total. The average molecular weight is 487 g/mol. The van der Waals surface area contributed by atoms with Crippen molar-refractivity contribution in [3.63, 3.8) is 0 Å². The van der Waals surface area contributed by atoms with Gasteiger partial charge >= 0.3 is 0 Å². The monoisotopic (exact) mass is 486 g/mol. The lowest BCUT2D eigenvalue weighted by molar-refractivity contribution is 0.0111. The molecule has 0 fully saturated rings. The van der Waals surface area contributed by atoms with Crippen molar-refractivity contribution in [2.75, 3.05) is 4.72 Å². The Labute approximate surface area is 174 Å². The first-order chi connectivity index (χ1) is 13.6. The van der Waals surface area contributed by atoms with Gasteiger partial charge in [-0.15, -0.1) is 0 Å². The second-order valence-corrected chi connectivity index (χ2v) is 9.35. The number of hydrogen-bond acceptors (Lipinski definition) is 5. The summed E-state index contributed by atoms with van der Waals surface area (Å²) >= 11 is 3.26. The van der Waals surface area contributed by atoms with Gasteiger partial charge in [0.25, 0.3) is 0 Å². The molecule has 154 valence electrons. The van der Waals surface area contributed by atoms with Crippen molar-refractivity contribution in [2.45, 2.75) is 24.3 Å². The molecule has 2 aromatic carbocycles. The molecule has 1 aromatic heterocycles. The fourth-order valence-corrected chi connectivity index (χ4v) is 4.48. The molecule has 0 radical (unpaired) electrons. The van der Waals surface area contributed by atoms with E-state index >= 15 is 0 Å². The highest BCUT2D eigenvalue weighted by Gasteiger charge is 2.46. The third-order valence-electron chi connectivity index (χ3n) is 4.51. The van der Waals surface area contributed by atoms with Crippen molar-refractivity contribution in [3.8, 4) is 0 Å². The molecule has 0 spiro atoms. The molecule has 0 bridgehead atoms. The summed E-state index contributed by atoms with van der Waals surface area (Å²) in [5.41, 5.74) is -2.38. The smallest absolute Gasteiger partial charge is 0.238 e. The van der Waals surface area contributed by atoms with Crippen molar-refractivity contribution in [1.82, 2.24) is 14.8 Å². The summed E-state index contributed by atoms with van der Waals surface area (Å²) in [4.78, 5) is 3.75. The van der Waals surface area contributed by atoms with E-state index in [4.69, 9.17) is 0 Å². The van der Waals surface area contributed by atoms with Crippen LogP contribution in [0.4, 0.5) is 14.5 Å². The van der Waals surface area contributed by atoms with Crippen LogP contribution in [-0.4, -0.2) is 33.5 Å². The number of aromatic nitrogens is 3. The van der Waals surface area contributed by atoms with Gasteiger partial charge in [-0.05, 0) is 37.3 Å². The first kappa shape index (κ1) is 21.3. The van der Waals surface area contributed by atoms with Crippen molar-refractivity contribution in [2.24, 2.45) is 0 Å². The lowest BCUT2D eigenvalue weighted by Crippen LogP contribution is -2.48. The molecule has 11 heteroatoms. The third kappa shape index (κ3) is 4.62. The minimum Gasteiger partial charge on any atom is -0.382 e. The second kappa shape index (κ2) is 8.17. The van der Waals surface area contributed by atoms with E-state index in [1.54, 1.807) is 12.1 Å². The normalized spacial score (nSPS) is 14.9. The Morgan fingerprint density at radius 1 is 1.24 bits per heavy atom. The maximum absolute atomic E-state index is 14.5. The van der Waals surface area contributed by atoms with Crippen LogP contribution >= 0.6 is 15.9 Å². The number of hydrogen-bond donors (Lipinski definition) is 2. The Balaban J connectivity index is 2.03. The summed E-state index contributed by atoms with van der Waals surface area (Å²) in [5.74, 6) is -1.92. The molecule has 0 amide bonds. The molecule has 0 aliphatic carbocycles. The molecular weight excluding hydrogens is 470 g/mol. The van der Waals surface area contributed by atoms with E-state index < -0.39 is 39.1 Å². The van der Waals surface area contributed by atoms with E-state index in [2.05, 4.69) is 30.7 Å². The van der Waals surface area contributed by atoms with E-state index in [0.717, 1.165) is 16.6 Å². The number of sulfonamides is 1. The Hall–Kier alpha value is -2.37. The fourth-order valence-electron chi connectivity index (χ4n) is 2.86. The Morgan fingerprint density at radius 3 is 2.52 bits per heavy atom. The predicted molar refractivity (Wildman–Crippen MR) is 106 cm³/mol. The summed E-state index contributed by atoms with van der Waals surface area (Å²) in [6, 6.07) is 8.91. The molecule has 2 atom stereocenters. The summed E-state index contributed by atoms with van der Waals surface area (Å²) in [7, 11) is -4.20. The van der Waals surface area contributed by atoms with Gasteiger partial charge in [-0.3, -0.25) is 4.72 Å². The van der Waals surface area contributed by atoms with E-state index in [0.29, 0.717) is 6.07 Å². The number of anilines is 1. The zero-order valence-corrected chi connectivity index (χ0v) is 17.5. The molecule has 0 saturated heterocycles. The number of nitrogens with one attached hydrogen (secondary N) is 1. The summed E-state index contributed by atoms with van der Waals surface area (Å²) in [5, 5.41) is 13.7. The highest BCUT2D eigenvalue weighted by atomic mass is 79.9. The summed E-state index contributed by atoms with van der Waals surface area (Å²) in [6.45, 7) is 0.818. The number of nitrogens with zero attached hydrogens (tertiary/aromatic N) is 3. The number of benzene rings is 2. The van der Waals surface area contributed by atoms with Gasteiger partial charge in [0.05, 0.1) is 6.54 Å². The van der Waals surface area contributed by atoms with E-state index in [1.807, 2.05) is 0 Å². The molecule has 29 heavy (non-hydrogen) atoms. The molecule has 0 unspecified atom stereocenters. The molecule has 0 aliphatic rings. The number of rotatable bonds is 7. The third-order valence-corrected chi connectivity index (χ3v) is 6.88. The van der Waals surface area contributed by atoms with Crippen LogP contribution in [-0.2, 0) is 22.2 Å². The van der Waals surface area contributed by atoms with Crippen LogP contribution in [0.3, 0.4) is 0 Å². The first-order valence-corrected chi connectivity index (χ1v) is 10.7. The number of aliphatic hydroxyl groups is 1. The molecular formula is C18H17BrF2N4O3S. The summed E-state index contributed by atoms with van der Waals surface area (Å²) in [6.07, 6.45) is 2.45. The van der Waals surface area contributed by atoms with Gasteiger partial charge in [-0.25, -0.2) is 26.9 Å². The van der Waals surface area contributed by atoms with Crippen LogP contribution in [0.5, 0.6) is 0 Å². The zero-order chi connectivity index (χ0) is 21.2. The van der Waals surface area contributed by atoms with Crippen molar-refractivity contribution < 1.29 is 22.3 Å². The van der Waals surface area contributed by atoms with Gasteiger partial charge < -0.3 is 5.11 Å². The molecule has 0 aliphatic heterocycles. The van der Waals surface area contributed by atoms with E-state index in [1.165, 1.54) is 36.4 Å².